The van der Waals surface area contributed by atoms with Crippen molar-refractivity contribution in [3.05, 3.63) is 23.8 Å². The van der Waals surface area contributed by atoms with E-state index in [1.54, 1.807) is 0 Å². The maximum Gasteiger partial charge on any atom is 0.227 e. The summed E-state index contributed by atoms with van der Waals surface area (Å²) >= 11 is 5.33. The molecule has 0 bridgehead atoms. The Bertz CT molecular complexity index is 590. The van der Waals surface area contributed by atoms with Crippen LogP contribution >= 0.6 is 12.2 Å². The van der Waals surface area contributed by atoms with Gasteiger partial charge in [-0.15, -0.1) is 0 Å². The van der Waals surface area contributed by atoms with E-state index >= 15 is 0 Å². The van der Waals surface area contributed by atoms with Crippen molar-refractivity contribution in [3.63, 3.8) is 0 Å². The molecule has 2 N–H and O–H groups in total. The molecule has 0 unspecified atom stereocenters. The zero-order valence-corrected chi connectivity index (χ0v) is 15.5. The number of nitrogens with one attached hydrogen (secondary N) is 2. The molecule has 2 rings (SSSR count). The summed E-state index contributed by atoms with van der Waals surface area (Å²) in [5, 5.41) is 6.95. The minimum absolute atomic E-state index is 0.195. The molecule has 1 amide bonds. The number of amides is 1. The summed E-state index contributed by atoms with van der Waals surface area (Å²) in [6.45, 7) is 8.36. The molecule has 1 aromatic carbocycles. The molecule has 1 fully saturated rings. The lowest BCUT2D eigenvalue weighted by molar-refractivity contribution is -0.117. The van der Waals surface area contributed by atoms with E-state index in [0.717, 1.165) is 49.5 Å². The molecule has 1 aliphatic heterocycles. The van der Waals surface area contributed by atoms with Gasteiger partial charge in [-0.3, -0.25) is 4.79 Å². The lowest BCUT2D eigenvalue weighted by atomic mass is 10.1. The minimum Gasteiger partial charge on any atom is -0.379 e. The Morgan fingerprint density at radius 3 is 2.88 bits per heavy atom. The van der Waals surface area contributed by atoms with E-state index in [-0.39, 0.29) is 12.0 Å². The van der Waals surface area contributed by atoms with E-state index in [1.165, 1.54) is 0 Å². The van der Waals surface area contributed by atoms with Crippen molar-refractivity contribution in [1.29, 1.82) is 0 Å². The second kappa shape index (κ2) is 8.99. The summed E-state index contributed by atoms with van der Waals surface area (Å²) in [4.78, 5) is 13.8. The number of nitrogens with zero attached hydrogens (tertiary/aromatic N) is 1. The Hall–Kier alpha value is -1.66. The van der Waals surface area contributed by atoms with Crippen molar-refractivity contribution < 1.29 is 9.53 Å². The highest BCUT2D eigenvalue weighted by atomic mass is 32.1. The molecule has 0 radical (unpaired) electrons. The number of ether oxygens (including phenoxy) is 1. The standard InChI is InChI=1S/C18H27N3O2S/c1-13(2)23-11-5-9-19-18(24)20-15-8-7-14(3)16(12-15)21-10-4-6-17(21)22/h7-8,12-13H,4-6,9-11H2,1-3H3,(H2,19,20,24). The second-order valence-corrected chi connectivity index (χ2v) is 6.71. The van der Waals surface area contributed by atoms with Crippen LogP contribution in [0.15, 0.2) is 18.2 Å². The molecule has 24 heavy (non-hydrogen) atoms. The van der Waals surface area contributed by atoms with E-state index in [0.29, 0.717) is 11.5 Å². The van der Waals surface area contributed by atoms with Gasteiger partial charge in [-0.1, -0.05) is 6.07 Å². The molecule has 0 aliphatic carbocycles. The summed E-state index contributed by atoms with van der Waals surface area (Å²) in [7, 11) is 0. The van der Waals surface area contributed by atoms with Gasteiger partial charge in [0.2, 0.25) is 5.91 Å². The zero-order valence-electron chi connectivity index (χ0n) is 14.7. The van der Waals surface area contributed by atoms with Crippen molar-refractivity contribution in [3.8, 4) is 0 Å². The number of carbonyl (C=O) groups is 1. The predicted molar refractivity (Wildman–Crippen MR) is 103 cm³/mol. The summed E-state index contributed by atoms with van der Waals surface area (Å²) in [5.74, 6) is 0.195. The first-order valence-electron chi connectivity index (χ1n) is 8.55. The van der Waals surface area contributed by atoms with Crippen LogP contribution in [0.1, 0.15) is 38.7 Å². The van der Waals surface area contributed by atoms with Crippen LogP contribution in [0.2, 0.25) is 0 Å². The fourth-order valence-electron chi connectivity index (χ4n) is 2.65. The van der Waals surface area contributed by atoms with Crippen LogP contribution < -0.4 is 15.5 Å². The molecule has 6 heteroatoms. The van der Waals surface area contributed by atoms with E-state index in [2.05, 4.69) is 10.6 Å². The number of thiocarbonyl (C=S) groups is 1. The number of rotatable bonds is 7. The van der Waals surface area contributed by atoms with Gasteiger partial charge in [0.15, 0.2) is 5.11 Å². The average Bonchev–Trinajstić information content (AvgIpc) is 2.94. The number of benzene rings is 1. The van der Waals surface area contributed by atoms with Gasteiger partial charge in [0.1, 0.15) is 0 Å². The van der Waals surface area contributed by atoms with Crippen molar-refractivity contribution in [1.82, 2.24) is 5.32 Å². The first-order valence-corrected chi connectivity index (χ1v) is 8.95. The largest absolute Gasteiger partial charge is 0.379 e. The first kappa shape index (κ1) is 18.7. The predicted octanol–water partition coefficient (Wildman–Crippen LogP) is 3.22. The molecule has 1 saturated heterocycles. The molecule has 0 spiro atoms. The minimum atomic E-state index is 0.195. The number of hydrogen-bond acceptors (Lipinski definition) is 3. The van der Waals surface area contributed by atoms with Crippen LogP contribution in [0.25, 0.3) is 0 Å². The Balaban J connectivity index is 1.86. The van der Waals surface area contributed by atoms with Crippen LogP contribution in [-0.4, -0.2) is 36.8 Å². The Morgan fingerprint density at radius 1 is 1.42 bits per heavy atom. The summed E-state index contributed by atoms with van der Waals surface area (Å²) in [6.07, 6.45) is 2.72. The molecule has 0 saturated carbocycles. The zero-order chi connectivity index (χ0) is 17.5. The van der Waals surface area contributed by atoms with Crippen molar-refractivity contribution in [2.75, 3.05) is 29.9 Å². The topological polar surface area (TPSA) is 53.6 Å². The maximum atomic E-state index is 12.0. The molecule has 1 aromatic rings. The van der Waals surface area contributed by atoms with E-state index < -0.39 is 0 Å². The quantitative estimate of drug-likeness (QED) is 0.585. The van der Waals surface area contributed by atoms with Gasteiger partial charge in [0.25, 0.3) is 0 Å². The fraction of sp³-hybridized carbons (Fsp3) is 0.556. The lowest BCUT2D eigenvalue weighted by Crippen LogP contribution is -2.30. The van der Waals surface area contributed by atoms with Gasteiger partial charge < -0.3 is 20.3 Å². The molecule has 0 atom stereocenters. The normalized spacial score (nSPS) is 14.3. The van der Waals surface area contributed by atoms with Gasteiger partial charge in [0.05, 0.1) is 6.10 Å². The third-order valence-electron chi connectivity index (χ3n) is 3.89. The number of carbonyl (C=O) groups excluding carboxylic acids is 1. The lowest BCUT2D eigenvalue weighted by Gasteiger charge is -2.20. The van der Waals surface area contributed by atoms with Gasteiger partial charge in [-0.05, 0) is 63.5 Å². The Kier molecular flexibility index (Phi) is 6.99. The number of anilines is 2. The smallest absolute Gasteiger partial charge is 0.227 e. The Morgan fingerprint density at radius 2 is 2.21 bits per heavy atom. The highest BCUT2D eigenvalue weighted by Crippen LogP contribution is 2.28. The van der Waals surface area contributed by atoms with E-state index in [4.69, 9.17) is 17.0 Å². The van der Waals surface area contributed by atoms with Crippen LogP contribution in [-0.2, 0) is 9.53 Å². The maximum absolute atomic E-state index is 12.0. The Labute approximate surface area is 149 Å². The second-order valence-electron chi connectivity index (χ2n) is 6.30. The van der Waals surface area contributed by atoms with Crippen LogP contribution in [0.5, 0.6) is 0 Å². The molecule has 5 nitrogen and oxygen atoms in total. The summed E-state index contributed by atoms with van der Waals surface area (Å²) < 4.78 is 5.50. The third-order valence-corrected chi connectivity index (χ3v) is 4.14. The molecule has 0 aromatic heterocycles. The van der Waals surface area contributed by atoms with Crippen molar-refractivity contribution >= 4 is 34.6 Å². The van der Waals surface area contributed by atoms with Crippen LogP contribution in [0, 0.1) is 6.92 Å². The highest BCUT2D eigenvalue weighted by molar-refractivity contribution is 7.80. The third kappa shape index (κ3) is 5.46. The molecule has 1 heterocycles. The van der Waals surface area contributed by atoms with Gasteiger partial charge >= 0.3 is 0 Å². The van der Waals surface area contributed by atoms with Crippen molar-refractivity contribution in [2.45, 2.75) is 46.1 Å². The van der Waals surface area contributed by atoms with E-state index in [1.807, 2.05) is 43.9 Å². The molecule has 1 aliphatic rings. The monoisotopic (exact) mass is 349 g/mol. The summed E-state index contributed by atoms with van der Waals surface area (Å²) in [6, 6.07) is 5.99. The number of hydrogen-bond donors (Lipinski definition) is 2. The SMILES string of the molecule is Cc1ccc(NC(=S)NCCCOC(C)C)cc1N1CCCC1=O. The van der Waals surface area contributed by atoms with Crippen molar-refractivity contribution in [2.24, 2.45) is 0 Å². The van der Waals surface area contributed by atoms with Crippen LogP contribution in [0.4, 0.5) is 11.4 Å². The molecular weight excluding hydrogens is 322 g/mol. The molecular formula is C18H27N3O2S. The summed E-state index contributed by atoms with van der Waals surface area (Å²) in [5.41, 5.74) is 2.96. The average molecular weight is 350 g/mol. The first-order chi connectivity index (χ1) is 11.5. The van der Waals surface area contributed by atoms with E-state index in [9.17, 15) is 4.79 Å². The number of aryl methyl sites for hydroxylation is 1. The van der Waals surface area contributed by atoms with Gasteiger partial charge in [-0.2, -0.15) is 0 Å². The van der Waals surface area contributed by atoms with Gasteiger partial charge in [-0.25, -0.2) is 0 Å². The fourth-order valence-corrected chi connectivity index (χ4v) is 2.87. The van der Waals surface area contributed by atoms with Gasteiger partial charge in [0, 0.05) is 37.5 Å². The van der Waals surface area contributed by atoms with Crippen LogP contribution in [0.3, 0.4) is 0 Å². The highest BCUT2D eigenvalue weighted by Gasteiger charge is 2.23. The molecule has 132 valence electrons.